The number of esters is 1. The minimum absolute atomic E-state index is 0.112. The van der Waals surface area contributed by atoms with Crippen LogP contribution in [0.15, 0.2) is 77.5 Å². The SMILES string of the molecule is CCCOC(=O)c1ccc(NC(=O)c2cccc(NC3=C(Cl)C(=O)N(c4cc(Cl)ccc4C)C3=O)c2)cc1. The summed E-state index contributed by atoms with van der Waals surface area (Å²) < 4.78 is 5.10. The molecule has 0 fully saturated rings. The van der Waals surface area contributed by atoms with Gasteiger partial charge in [0.2, 0.25) is 0 Å². The highest BCUT2D eigenvalue weighted by Crippen LogP contribution is 2.33. The molecular formula is C28H23Cl2N3O5. The third kappa shape index (κ3) is 5.72. The van der Waals surface area contributed by atoms with Crippen molar-refractivity contribution in [2.24, 2.45) is 0 Å². The average Bonchev–Trinajstić information content (AvgIpc) is 3.12. The lowest BCUT2D eigenvalue weighted by Gasteiger charge is -2.18. The third-order valence-corrected chi connectivity index (χ3v) is 6.23. The molecule has 8 nitrogen and oxygen atoms in total. The predicted molar refractivity (Wildman–Crippen MR) is 147 cm³/mol. The number of carbonyl (C=O) groups excluding carboxylic acids is 4. The van der Waals surface area contributed by atoms with E-state index in [1.165, 1.54) is 12.1 Å². The van der Waals surface area contributed by atoms with Crippen LogP contribution in [0, 0.1) is 6.92 Å². The summed E-state index contributed by atoms with van der Waals surface area (Å²) >= 11 is 12.3. The Balaban J connectivity index is 1.47. The van der Waals surface area contributed by atoms with E-state index in [-0.39, 0.29) is 16.3 Å². The van der Waals surface area contributed by atoms with Crippen LogP contribution in [0.5, 0.6) is 0 Å². The molecule has 0 aromatic heterocycles. The first-order chi connectivity index (χ1) is 18.2. The summed E-state index contributed by atoms with van der Waals surface area (Å²) in [6.45, 7) is 3.99. The summed E-state index contributed by atoms with van der Waals surface area (Å²) in [5.41, 5.74) is 2.43. The molecule has 10 heteroatoms. The summed E-state index contributed by atoms with van der Waals surface area (Å²) in [4.78, 5) is 51.7. The topological polar surface area (TPSA) is 105 Å². The number of nitrogens with zero attached hydrogens (tertiary/aromatic N) is 1. The lowest BCUT2D eigenvalue weighted by Crippen LogP contribution is -2.32. The van der Waals surface area contributed by atoms with Crippen LogP contribution >= 0.6 is 23.2 Å². The lowest BCUT2D eigenvalue weighted by atomic mass is 10.1. The molecule has 0 saturated carbocycles. The monoisotopic (exact) mass is 551 g/mol. The Hall–Kier alpha value is -4.14. The van der Waals surface area contributed by atoms with Crippen LogP contribution in [0.2, 0.25) is 5.02 Å². The molecule has 2 N–H and O–H groups in total. The number of hydrogen-bond donors (Lipinski definition) is 2. The maximum absolute atomic E-state index is 13.1. The first kappa shape index (κ1) is 26.9. The third-order valence-electron chi connectivity index (χ3n) is 5.65. The van der Waals surface area contributed by atoms with Gasteiger partial charge in [-0.3, -0.25) is 14.4 Å². The molecule has 3 aromatic rings. The molecule has 3 amide bonds. The Morgan fingerprint density at radius 3 is 2.34 bits per heavy atom. The van der Waals surface area contributed by atoms with E-state index in [4.69, 9.17) is 27.9 Å². The summed E-state index contributed by atoms with van der Waals surface area (Å²) in [5.74, 6) is -2.17. The Morgan fingerprint density at radius 1 is 0.895 bits per heavy atom. The molecule has 1 aliphatic rings. The number of imide groups is 1. The number of anilines is 3. The summed E-state index contributed by atoms with van der Waals surface area (Å²) in [6.07, 6.45) is 0.724. The van der Waals surface area contributed by atoms with Gasteiger partial charge in [-0.25, -0.2) is 9.69 Å². The second-order valence-electron chi connectivity index (χ2n) is 8.44. The molecule has 0 atom stereocenters. The van der Waals surface area contributed by atoms with Crippen LogP contribution in [0.3, 0.4) is 0 Å². The quantitative estimate of drug-likeness (QED) is 0.266. The van der Waals surface area contributed by atoms with Gasteiger partial charge in [-0.05, 0) is 73.5 Å². The zero-order valence-corrected chi connectivity index (χ0v) is 22.0. The first-order valence-electron chi connectivity index (χ1n) is 11.7. The molecule has 3 aromatic carbocycles. The number of benzene rings is 3. The smallest absolute Gasteiger partial charge is 0.338 e. The molecule has 1 aliphatic heterocycles. The minimum Gasteiger partial charge on any atom is -0.462 e. The van der Waals surface area contributed by atoms with Crippen molar-refractivity contribution >= 4 is 64.0 Å². The fourth-order valence-electron chi connectivity index (χ4n) is 3.71. The Bertz CT molecular complexity index is 1470. The van der Waals surface area contributed by atoms with E-state index in [1.807, 2.05) is 6.92 Å². The summed E-state index contributed by atoms with van der Waals surface area (Å²) in [6, 6.07) is 17.6. The number of nitrogens with one attached hydrogen (secondary N) is 2. The maximum atomic E-state index is 13.1. The van der Waals surface area contributed by atoms with Gasteiger partial charge in [0.1, 0.15) is 10.7 Å². The van der Waals surface area contributed by atoms with Crippen LogP contribution in [0.4, 0.5) is 17.1 Å². The number of halogens is 2. The van der Waals surface area contributed by atoms with Crippen molar-refractivity contribution in [1.82, 2.24) is 0 Å². The fourth-order valence-corrected chi connectivity index (χ4v) is 4.09. The van der Waals surface area contributed by atoms with Gasteiger partial charge >= 0.3 is 5.97 Å². The summed E-state index contributed by atoms with van der Waals surface area (Å²) in [5, 5.41) is 5.72. The first-order valence-corrected chi connectivity index (χ1v) is 12.5. The molecule has 1 heterocycles. The van der Waals surface area contributed by atoms with Gasteiger partial charge in [0, 0.05) is 22.0 Å². The highest BCUT2D eigenvalue weighted by atomic mass is 35.5. The van der Waals surface area contributed by atoms with Crippen molar-refractivity contribution in [2.75, 3.05) is 22.1 Å². The van der Waals surface area contributed by atoms with Crippen LogP contribution in [-0.4, -0.2) is 30.3 Å². The van der Waals surface area contributed by atoms with Crippen LogP contribution in [0.1, 0.15) is 39.6 Å². The van der Waals surface area contributed by atoms with Gasteiger partial charge < -0.3 is 15.4 Å². The number of rotatable bonds is 8. The molecule has 0 aliphatic carbocycles. The molecule has 0 spiro atoms. The highest BCUT2D eigenvalue weighted by molar-refractivity contribution is 6.53. The van der Waals surface area contributed by atoms with Gasteiger partial charge in [-0.15, -0.1) is 0 Å². The Kier molecular flexibility index (Phi) is 8.14. The molecule has 0 bridgehead atoms. The largest absolute Gasteiger partial charge is 0.462 e. The van der Waals surface area contributed by atoms with Gasteiger partial charge in [-0.1, -0.05) is 42.3 Å². The second-order valence-corrected chi connectivity index (χ2v) is 9.25. The van der Waals surface area contributed by atoms with E-state index in [1.54, 1.807) is 61.5 Å². The fraction of sp³-hybridized carbons (Fsp3) is 0.143. The minimum atomic E-state index is -0.680. The van der Waals surface area contributed by atoms with E-state index in [0.29, 0.717) is 39.8 Å². The van der Waals surface area contributed by atoms with Gasteiger partial charge in [0.25, 0.3) is 17.7 Å². The van der Waals surface area contributed by atoms with E-state index in [2.05, 4.69) is 10.6 Å². The molecule has 0 unspecified atom stereocenters. The molecule has 194 valence electrons. The number of ether oxygens (including phenoxy) is 1. The van der Waals surface area contributed by atoms with E-state index >= 15 is 0 Å². The lowest BCUT2D eigenvalue weighted by molar-refractivity contribution is -0.120. The van der Waals surface area contributed by atoms with Gasteiger partial charge in [-0.2, -0.15) is 0 Å². The van der Waals surface area contributed by atoms with Gasteiger partial charge in [0.05, 0.1) is 17.9 Å². The van der Waals surface area contributed by atoms with Crippen molar-refractivity contribution in [3.63, 3.8) is 0 Å². The molecule has 0 saturated heterocycles. The molecular weight excluding hydrogens is 529 g/mol. The molecule has 4 rings (SSSR count). The normalized spacial score (nSPS) is 13.1. The highest BCUT2D eigenvalue weighted by Gasteiger charge is 2.39. The zero-order chi connectivity index (χ0) is 27.4. The summed E-state index contributed by atoms with van der Waals surface area (Å²) in [7, 11) is 0. The number of aryl methyl sites for hydroxylation is 1. The molecule has 38 heavy (non-hydrogen) atoms. The standard InChI is InChI=1S/C28H23Cl2N3O5/c1-3-13-38-28(37)17-8-11-20(12-9-17)32-25(34)18-5-4-6-21(14-18)31-24-23(30)26(35)33(27(24)36)22-15-19(29)10-7-16(22)2/h4-12,14-15,31H,3,13H2,1-2H3,(H,32,34). The zero-order valence-electron chi connectivity index (χ0n) is 20.5. The van der Waals surface area contributed by atoms with E-state index in [9.17, 15) is 19.2 Å². The van der Waals surface area contributed by atoms with Crippen molar-refractivity contribution in [1.29, 1.82) is 0 Å². The van der Waals surface area contributed by atoms with E-state index in [0.717, 1.165) is 11.3 Å². The van der Waals surface area contributed by atoms with Crippen molar-refractivity contribution in [2.45, 2.75) is 20.3 Å². The van der Waals surface area contributed by atoms with Crippen LogP contribution < -0.4 is 15.5 Å². The van der Waals surface area contributed by atoms with Gasteiger partial charge in [0.15, 0.2) is 0 Å². The molecule has 0 radical (unpaired) electrons. The van der Waals surface area contributed by atoms with Crippen molar-refractivity contribution in [3.05, 3.63) is 99.2 Å². The Labute approximate surface area is 229 Å². The maximum Gasteiger partial charge on any atom is 0.338 e. The number of amides is 3. The predicted octanol–water partition coefficient (Wildman–Crippen LogP) is 5.90. The van der Waals surface area contributed by atoms with E-state index < -0.39 is 23.7 Å². The number of hydrogen-bond acceptors (Lipinski definition) is 6. The average molecular weight is 552 g/mol. The van der Waals surface area contributed by atoms with Crippen molar-refractivity contribution in [3.8, 4) is 0 Å². The van der Waals surface area contributed by atoms with Crippen LogP contribution in [-0.2, 0) is 14.3 Å². The number of carbonyl (C=O) groups is 4. The second kappa shape index (κ2) is 11.5. The van der Waals surface area contributed by atoms with Crippen molar-refractivity contribution < 1.29 is 23.9 Å². The van der Waals surface area contributed by atoms with Crippen LogP contribution in [0.25, 0.3) is 0 Å². The Morgan fingerprint density at radius 2 is 1.63 bits per heavy atom.